The molecule has 176 valence electrons. The van der Waals surface area contributed by atoms with Crippen LogP contribution in [0.4, 0.5) is 0 Å². The lowest BCUT2D eigenvalue weighted by molar-refractivity contribution is -0.143. The fourth-order valence-corrected chi connectivity index (χ4v) is 5.07. The van der Waals surface area contributed by atoms with E-state index in [-0.39, 0.29) is 0 Å². The van der Waals surface area contributed by atoms with E-state index in [1.54, 1.807) is 0 Å². The van der Waals surface area contributed by atoms with Gasteiger partial charge < -0.3 is 10.2 Å². The van der Waals surface area contributed by atoms with E-state index in [0.717, 1.165) is 22.3 Å². The van der Waals surface area contributed by atoms with Gasteiger partial charge in [0.25, 0.3) is 0 Å². The van der Waals surface area contributed by atoms with Crippen molar-refractivity contribution in [2.75, 3.05) is 0 Å². The van der Waals surface area contributed by atoms with E-state index in [0.29, 0.717) is 19.6 Å². The first-order chi connectivity index (χ1) is 16.3. The number of nitrogens with zero attached hydrogens (tertiary/aromatic N) is 1. The average molecular weight is 459 g/mol. The van der Waals surface area contributed by atoms with Crippen LogP contribution >= 0.6 is 0 Å². The number of carboxylic acids is 2. The third kappa shape index (κ3) is 4.74. The highest BCUT2D eigenvalue weighted by Crippen LogP contribution is 2.35. The van der Waals surface area contributed by atoms with Crippen molar-refractivity contribution in [2.24, 2.45) is 0 Å². The summed E-state index contributed by atoms with van der Waals surface area (Å²) < 4.78 is 0. The Hall–Kier alpha value is -3.48. The van der Waals surface area contributed by atoms with Gasteiger partial charge in [-0.15, -0.1) is 0 Å². The number of carbonyl (C=O) groups is 2. The van der Waals surface area contributed by atoms with Crippen LogP contribution in [0.3, 0.4) is 0 Å². The zero-order chi connectivity index (χ0) is 24.4. The summed E-state index contributed by atoms with van der Waals surface area (Å²) >= 11 is 0. The van der Waals surface area contributed by atoms with Gasteiger partial charge in [-0.05, 0) is 59.7 Å². The maximum atomic E-state index is 11.7. The van der Waals surface area contributed by atoms with Crippen LogP contribution in [0.1, 0.15) is 56.6 Å². The Morgan fingerprint density at radius 1 is 0.882 bits per heavy atom. The minimum absolute atomic E-state index is 0.513. The van der Waals surface area contributed by atoms with E-state index in [1.807, 2.05) is 48.5 Å². The fourth-order valence-electron chi connectivity index (χ4n) is 5.07. The molecule has 5 rings (SSSR count). The SMILES string of the molecule is Cc1cc(C)c(CN2Cc3ccccc3C2C(=O)O)c(C)c1.O=C(O)C1NCc2ccccc21. The summed E-state index contributed by atoms with van der Waals surface area (Å²) in [7, 11) is 0. The molecule has 0 saturated heterocycles. The van der Waals surface area contributed by atoms with Crippen LogP contribution in [-0.2, 0) is 29.2 Å². The van der Waals surface area contributed by atoms with Gasteiger partial charge in [-0.2, -0.15) is 0 Å². The van der Waals surface area contributed by atoms with Crippen LogP contribution in [-0.4, -0.2) is 27.1 Å². The minimum atomic E-state index is -0.806. The first-order valence-corrected chi connectivity index (χ1v) is 11.4. The number of rotatable bonds is 4. The molecule has 2 aliphatic heterocycles. The molecule has 2 aliphatic rings. The molecule has 2 unspecified atom stereocenters. The Balaban J connectivity index is 0.000000192. The number of nitrogens with one attached hydrogen (secondary N) is 1. The zero-order valence-corrected chi connectivity index (χ0v) is 19.7. The summed E-state index contributed by atoms with van der Waals surface area (Å²) in [4.78, 5) is 24.5. The number of hydrogen-bond donors (Lipinski definition) is 3. The lowest BCUT2D eigenvalue weighted by atomic mass is 9.99. The minimum Gasteiger partial charge on any atom is -0.480 e. The average Bonchev–Trinajstić information content (AvgIpc) is 3.38. The summed E-state index contributed by atoms with van der Waals surface area (Å²) in [6.45, 7) is 8.33. The van der Waals surface area contributed by atoms with Gasteiger partial charge in [0.15, 0.2) is 0 Å². The molecule has 0 fully saturated rings. The maximum absolute atomic E-state index is 11.7. The van der Waals surface area contributed by atoms with Crippen molar-refractivity contribution < 1.29 is 19.8 Å². The van der Waals surface area contributed by atoms with Gasteiger partial charge >= 0.3 is 11.9 Å². The van der Waals surface area contributed by atoms with Crippen molar-refractivity contribution in [1.82, 2.24) is 10.2 Å². The van der Waals surface area contributed by atoms with Crippen molar-refractivity contribution in [3.05, 3.63) is 105 Å². The predicted molar refractivity (Wildman–Crippen MR) is 130 cm³/mol. The van der Waals surface area contributed by atoms with Crippen molar-refractivity contribution in [3.8, 4) is 0 Å². The number of hydrogen-bond acceptors (Lipinski definition) is 4. The van der Waals surface area contributed by atoms with Crippen LogP contribution in [0.2, 0.25) is 0 Å². The molecule has 3 N–H and O–H groups in total. The molecule has 2 heterocycles. The van der Waals surface area contributed by atoms with E-state index >= 15 is 0 Å². The molecule has 3 aromatic carbocycles. The first kappa shape index (κ1) is 23.7. The first-order valence-electron chi connectivity index (χ1n) is 11.4. The molecule has 0 aromatic heterocycles. The topological polar surface area (TPSA) is 89.9 Å². The van der Waals surface area contributed by atoms with Gasteiger partial charge in [0.1, 0.15) is 12.1 Å². The Morgan fingerprint density at radius 2 is 1.47 bits per heavy atom. The number of fused-ring (bicyclic) bond motifs is 2. The molecule has 2 atom stereocenters. The molecule has 0 spiro atoms. The summed E-state index contributed by atoms with van der Waals surface area (Å²) in [6, 6.07) is 18.7. The lowest BCUT2D eigenvalue weighted by Gasteiger charge is -2.24. The van der Waals surface area contributed by atoms with E-state index < -0.39 is 24.0 Å². The van der Waals surface area contributed by atoms with Crippen molar-refractivity contribution in [1.29, 1.82) is 0 Å². The molecular formula is C28H30N2O4. The number of benzene rings is 3. The van der Waals surface area contributed by atoms with Gasteiger partial charge in [0, 0.05) is 19.6 Å². The molecule has 0 radical (unpaired) electrons. The largest absolute Gasteiger partial charge is 0.480 e. The van der Waals surface area contributed by atoms with Gasteiger partial charge in [0.05, 0.1) is 0 Å². The molecule has 34 heavy (non-hydrogen) atoms. The van der Waals surface area contributed by atoms with Crippen molar-refractivity contribution >= 4 is 11.9 Å². The quantitative estimate of drug-likeness (QED) is 0.527. The number of aliphatic carboxylic acids is 2. The van der Waals surface area contributed by atoms with Crippen LogP contribution in [0.5, 0.6) is 0 Å². The van der Waals surface area contributed by atoms with E-state index in [2.05, 4.69) is 43.1 Å². The third-order valence-electron chi connectivity index (χ3n) is 6.63. The summed E-state index contributed by atoms with van der Waals surface area (Å²) in [5.41, 5.74) is 8.99. The Morgan fingerprint density at radius 3 is 2.09 bits per heavy atom. The van der Waals surface area contributed by atoms with Crippen molar-refractivity contribution in [3.63, 3.8) is 0 Å². The molecule has 0 bridgehead atoms. The molecule has 6 heteroatoms. The summed E-state index contributed by atoms with van der Waals surface area (Å²) in [5.74, 6) is -1.58. The summed E-state index contributed by atoms with van der Waals surface area (Å²) in [5, 5.41) is 21.4. The summed E-state index contributed by atoms with van der Waals surface area (Å²) in [6.07, 6.45) is 0. The Labute approximate surface area is 199 Å². The standard InChI is InChI=1S/C19H21NO2.C9H9NO2/c1-12-8-13(2)17(14(3)9-12)11-20-10-15-6-4-5-7-16(15)18(20)19(21)22;11-9(12)8-7-4-2-1-3-6(7)5-10-8/h4-9,18H,10-11H2,1-3H3,(H,21,22);1-4,8,10H,5H2,(H,11,12). The fraction of sp³-hybridized carbons (Fsp3) is 0.286. The Kier molecular flexibility index (Phi) is 6.82. The van der Waals surface area contributed by atoms with Crippen LogP contribution < -0.4 is 5.32 Å². The third-order valence-corrected chi connectivity index (χ3v) is 6.63. The smallest absolute Gasteiger partial charge is 0.325 e. The van der Waals surface area contributed by atoms with Gasteiger partial charge in [-0.1, -0.05) is 66.2 Å². The van der Waals surface area contributed by atoms with Gasteiger partial charge in [-0.3, -0.25) is 19.8 Å². The second-order valence-corrected chi connectivity index (χ2v) is 9.07. The van der Waals surface area contributed by atoms with E-state index in [1.165, 1.54) is 22.3 Å². The Bertz CT molecular complexity index is 1210. The van der Waals surface area contributed by atoms with Crippen LogP contribution in [0.15, 0.2) is 60.7 Å². The molecule has 6 nitrogen and oxygen atoms in total. The van der Waals surface area contributed by atoms with Crippen LogP contribution in [0.25, 0.3) is 0 Å². The van der Waals surface area contributed by atoms with Gasteiger partial charge in [-0.25, -0.2) is 0 Å². The monoisotopic (exact) mass is 458 g/mol. The van der Waals surface area contributed by atoms with Crippen molar-refractivity contribution in [2.45, 2.75) is 52.5 Å². The lowest BCUT2D eigenvalue weighted by Crippen LogP contribution is -2.28. The second-order valence-electron chi connectivity index (χ2n) is 9.07. The normalized spacial score (nSPS) is 18.6. The van der Waals surface area contributed by atoms with Crippen LogP contribution in [0, 0.1) is 20.8 Å². The molecule has 0 amide bonds. The zero-order valence-electron chi connectivity index (χ0n) is 19.7. The molecule has 0 saturated carbocycles. The highest BCUT2D eigenvalue weighted by molar-refractivity contribution is 5.77. The highest BCUT2D eigenvalue weighted by atomic mass is 16.4. The van der Waals surface area contributed by atoms with E-state index in [9.17, 15) is 14.7 Å². The van der Waals surface area contributed by atoms with E-state index in [4.69, 9.17) is 5.11 Å². The molecule has 0 aliphatic carbocycles. The predicted octanol–water partition coefficient (Wildman–Crippen LogP) is 4.67. The number of aryl methyl sites for hydroxylation is 3. The van der Waals surface area contributed by atoms with Gasteiger partial charge in [0.2, 0.25) is 0 Å². The second kappa shape index (κ2) is 9.79. The maximum Gasteiger partial charge on any atom is 0.325 e. The molecule has 3 aromatic rings. The number of carboxylic acid groups (broad SMARTS) is 2. The highest BCUT2D eigenvalue weighted by Gasteiger charge is 2.35. The molecular weight excluding hydrogens is 428 g/mol.